The monoisotopic (exact) mass is 283 g/mol. The summed E-state index contributed by atoms with van der Waals surface area (Å²) >= 11 is 0. The summed E-state index contributed by atoms with van der Waals surface area (Å²) < 4.78 is 14.9. The van der Waals surface area contributed by atoms with Crippen molar-refractivity contribution in [3.8, 4) is 11.5 Å². The smallest absolute Gasteiger partial charge is 0.254 e. The third-order valence-corrected chi connectivity index (χ3v) is 2.84. The summed E-state index contributed by atoms with van der Waals surface area (Å²) in [6, 6.07) is 4.58. The molecule has 6 heteroatoms. The Hall–Kier alpha value is -1.79. The number of ether oxygens (including phenoxy) is 3. The van der Waals surface area contributed by atoms with E-state index >= 15 is 0 Å². The topological polar surface area (TPSA) is 68.2 Å². The van der Waals surface area contributed by atoms with E-state index in [0.29, 0.717) is 37.6 Å². The first-order valence-corrected chi connectivity index (χ1v) is 6.28. The molecular formula is C14H21NO5. The average molecular weight is 283 g/mol. The summed E-state index contributed by atoms with van der Waals surface area (Å²) in [5.41, 5.74) is 0.399. The summed E-state index contributed by atoms with van der Waals surface area (Å²) in [6.07, 6.45) is 0. The summed E-state index contributed by atoms with van der Waals surface area (Å²) in [6.45, 7) is 1.81. The van der Waals surface area contributed by atoms with Crippen LogP contribution in [0.1, 0.15) is 10.4 Å². The highest BCUT2D eigenvalue weighted by atomic mass is 16.5. The van der Waals surface area contributed by atoms with Crippen LogP contribution >= 0.6 is 0 Å². The van der Waals surface area contributed by atoms with Crippen LogP contribution in [0.4, 0.5) is 0 Å². The summed E-state index contributed by atoms with van der Waals surface area (Å²) in [5, 5.41) is 9.73. The van der Waals surface area contributed by atoms with E-state index in [4.69, 9.17) is 14.2 Å². The fourth-order valence-electron chi connectivity index (χ4n) is 1.72. The fourth-order valence-corrected chi connectivity index (χ4v) is 1.72. The number of benzene rings is 1. The van der Waals surface area contributed by atoms with Crippen LogP contribution in [0.3, 0.4) is 0 Å². The van der Waals surface area contributed by atoms with Gasteiger partial charge >= 0.3 is 0 Å². The largest absolute Gasteiger partial charge is 0.504 e. The Morgan fingerprint density at radius 1 is 1.15 bits per heavy atom. The van der Waals surface area contributed by atoms with Crippen molar-refractivity contribution in [2.45, 2.75) is 0 Å². The van der Waals surface area contributed by atoms with Crippen molar-refractivity contribution in [3.05, 3.63) is 23.8 Å². The first kappa shape index (κ1) is 16.3. The lowest BCUT2D eigenvalue weighted by atomic mass is 10.1. The number of carbonyl (C=O) groups excluding carboxylic acids is 1. The molecular weight excluding hydrogens is 262 g/mol. The van der Waals surface area contributed by atoms with Crippen molar-refractivity contribution in [2.75, 3.05) is 47.6 Å². The first-order chi connectivity index (χ1) is 9.63. The molecule has 0 unspecified atom stereocenters. The Bertz CT molecular complexity index is 428. The molecule has 112 valence electrons. The molecule has 1 aromatic carbocycles. The van der Waals surface area contributed by atoms with E-state index < -0.39 is 0 Å². The summed E-state index contributed by atoms with van der Waals surface area (Å²) in [4.78, 5) is 14.0. The van der Waals surface area contributed by atoms with Gasteiger partial charge in [0.1, 0.15) is 0 Å². The average Bonchev–Trinajstić information content (AvgIpc) is 2.46. The highest BCUT2D eigenvalue weighted by Crippen LogP contribution is 2.26. The van der Waals surface area contributed by atoms with Gasteiger partial charge in [-0.05, 0) is 18.2 Å². The molecule has 0 saturated heterocycles. The van der Waals surface area contributed by atoms with Gasteiger partial charge in [0.15, 0.2) is 11.5 Å². The number of hydrogen-bond donors (Lipinski definition) is 1. The second-order valence-corrected chi connectivity index (χ2v) is 4.16. The third kappa shape index (κ3) is 4.40. The van der Waals surface area contributed by atoms with Crippen molar-refractivity contribution < 1.29 is 24.1 Å². The van der Waals surface area contributed by atoms with Gasteiger partial charge in [-0.3, -0.25) is 4.79 Å². The Morgan fingerprint density at radius 2 is 1.75 bits per heavy atom. The molecule has 0 spiro atoms. The van der Waals surface area contributed by atoms with E-state index in [2.05, 4.69) is 0 Å². The van der Waals surface area contributed by atoms with Gasteiger partial charge in [-0.25, -0.2) is 0 Å². The third-order valence-electron chi connectivity index (χ3n) is 2.84. The second-order valence-electron chi connectivity index (χ2n) is 4.16. The molecule has 1 amide bonds. The molecule has 1 aromatic rings. The molecule has 0 aliphatic carbocycles. The molecule has 0 bridgehead atoms. The van der Waals surface area contributed by atoms with Gasteiger partial charge in [-0.1, -0.05) is 0 Å². The lowest BCUT2D eigenvalue weighted by Gasteiger charge is -2.22. The van der Waals surface area contributed by atoms with Gasteiger partial charge in [-0.15, -0.1) is 0 Å². The van der Waals surface area contributed by atoms with E-state index in [-0.39, 0.29) is 11.7 Å². The zero-order chi connectivity index (χ0) is 15.0. The summed E-state index contributed by atoms with van der Waals surface area (Å²) in [7, 11) is 4.62. The maximum absolute atomic E-state index is 12.4. The highest BCUT2D eigenvalue weighted by molar-refractivity contribution is 5.94. The quantitative estimate of drug-likeness (QED) is 0.774. The molecule has 0 aliphatic rings. The van der Waals surface area contributed by atoms with Crippen LogP contribution in [0, 0.1) is 0 Å². The molecule has 1 rings (SSSR count). The fraction of sp³-hybridized carbons (Fsp3) is 0.500. The maximum atomic E-state index is 12.4. The SMILES string of the molecule is COCCN(CCOC)C(=O)c1ccc(OC)c(O)c1. The van der Waals surface area contributed by atoms with Gasteiger partial charge in [0.05, 0.1) is 20.3 Å². The molecule has 0 fully saturated rings. The Kier molecular flexibility index (Phi) is 6.83. The maximum Gasteiger partial charge on any atom is 0.254 e. The second kappa shape index (κ2) is 8.39. The van der Waals surface area contributed by atoms with E-state index in [1.807, 2.05) is 0 Å². The Morgan fingerprint density at radius 3 is 2.20 bits per heavy atom. The number of amides is 1. The van der Waals surface area contributed by atoms with Crippen molar-refractivity contribution in [1.29, 1.82) is 0 Å². The number of aromatic hydroxyl groups is 1. The van der Waals surface area contributed by atoms with Gasteiger partial charge in [0, 0.05) is 32.9 Å². The van der Waals surface area contributed by atoms with Gasteiger partial charge in [0.2, 0.25) is 0 Å². The molecule has 0 radical (unpaired) electrons. The number of phenols is 1. The number of methoxy groups -OCH3 is 3. The molecule has 20 heavy (non-hydrogen) atoms. The van der Waals surface area contributed by atoms with Crippen molar-refractivity contribution >= 4 is 5.91 Å². The molecule has 0 atom stereocenters. The van der Waals surface area contributed by atoms with Crippen LogP contribution in [0.5, 0.6) is 11.5 Å². The lowest BCUT2D eigenvalue weighted by molar-refractivity contribution is 0.0627. The number of carbonyl (C=O) groups is 1. The van der Waals surface area contributed by atoms with Gasteiger partial charge in [0.25, 0.3) is 5.91 Å². The highest BCUT2D eigenvalue weighted by Gasteiger charge is 2.17. The normalized spacial score (nSPS) is 10.3. The molecule has 0 saturated carbocycles. The Balaban J connectivity index is 2.84. The van der Waals surface area contributed by atoms with E-state index in [1.54, 1.807) is 31.3 Å². The molecule has 1 N–H and O–H groups in total. The summed E-state index contributed by atoms with van der Waals surface area (Å²) in [5.74, 6) is 0.0933. The minimum absolute atomic E-state index is 0.0585. The van der Waals surface area contributed by atoms with Crippen LogP contribution in [-0.4, -0.2) is 63.5 Å². The predicted molar refractivity (Wildman–Crippen MR) is 74.3 cm³/mol. The first-order valence-electron chi connectivity index (χ1n) is 6.28. The van der Waals surface area contributed by atoms with Gasteiger partial charge in [-0.2, -0.15) is 0 Å². The van der Waals surface area contributed by atoms with Crippen LogP contribution in [0.2, 0.25) is 0 Å². The number of phenolic OH excluding ortho intramolecular Hbond substituents is 1. The van der Waals surface area contributed by atoms with E-state index in [1.165, 1.54) is 13.2 Å². The molecule has 0 aliphatic heterocycles. The zero-order valence-corrected chi connectivity index (χ0v) is 12.1. The van der Waals surface area contributed by atoms with Gasteiger partial charge < -0.3 is 24.2 Å². The number of rotatable bonds is 8. The van der Waals surface area contributed by atoms with Crippen molar-refractivity contribution in [1.82, 2.24) is 4.90 Å². The molecule has 6 nitrogen and oxygen atoms in total. The minimum Gasteiger partial charge on any atom is -0.504 e. The predicted octanol–water partition coefficient (Wildman–Crippen LogP) is 1.14. The standard InChI is InChI=1S/C14H21NO5/c1-18-8-6-15(7-9-19-2)14(17)11-4-5-13(20-3)12(16)10-11/h4-5,10,16H,6-9H2,1-3H3. The molecule has 0 aromatic heterocycles. The van der Waals surface area contributed by atoms with Crippen molar-refractivity contribution in [2.24, 2.45) is 0 Å². The van der Waals surface area contributed by atoms with Crippen LogP contribution in [0.15, 0.2) is 18.2 Å². The van der Waals surface area contributed by atoms with Crippen LogP contribution in [-0.2, 0) is 9.47 Å². The number of nitrogens with zero attached hydrogens (tertiary/aromatic N) is 1. The van der Waals surface area contributed by atoms with Crippen molar-refractivity contribution in [3.63, 3.8) is 0 Å². The Labute approximate surface area is 118 Å². The van der Waals surface area contributed by atoms with E-state index in [0.717, 1.165) is 0 Å². The minimum atomic E-state index is -0.183. The zero-order valence-electron chi connectivity index (χ0n) is 12.1. The van der Waals surface area contributed by atoms with Crippen LogP contribution < -0.4 is 4.74 Å². The lowest BCUT2D eigenvalue weighted by Crippen LogP contribution is -2.36. The van der Waals surface area contributed by atoms with Crippen LogP contribution in [0.25, 0.3) is 0 Å². The molecule has 0 heterocycles. The number of hydrogen-bond acceptors (Lipinski definition) is 5. The van der Waals surface area contributed by atoms with E-state index in [9.17, 15) is 9.90 Å².